The fraction of sp³-hybridized carbons (Fsp3) is 0.0833. The van der Waals surface area contributed by atoms with Gasteiger partial charge in [-0.1, -0.05) is 11.6 Å². The van der Waals surface area contributed by atoms with Crippen molar-refractivity contribution >= 4 is 56.0 Å². The number of fused-ring (bicyclic) bond motifs is 1. The van der Waals surface area contributed by atoms with Crippen LogP contribution in [0.15, 0.2) is 34.9 Å². The number of aromatic nitrogens is 3. The summed E-state index contributed by atoms with van der Waals surface area (Å²) in [5.74, 6) is 0. The van der Waals surface area contributed by atoms with E-state index in [2.05, 4.69) is 35.0 Å². The molecule has 19 heavy (non-hydrogen) atoms. The molecular weight excluding hydrogens is 348 g/mol. The average Bonchev–Trinajstić information content (AvgIpc) is 2.88. The lowest BCUT2D eigenvalue weighted by atomic mass is 10.2. The first-order valence-corrected chi connectivity index (χ1v) is 7.39. The van der Waals surface area contributed by atoms with Crippen LogP contribution in [0.4, 0.5) is 5.69 Å². The van der Waals surface area contributed by atoms with Crippen molar-refractivity contribution in [3.8, 4) is 0 Å². The van der Waals surface area contributed by atoms with Crippen molar-refractivity contribution in [1.82, 2.24) is 13.7 Å². The van der Waals surface area contributed by atoms with Crippen molar-refractivity contribution in [2.45, 2.75) is 6.54 Å². The van der Waals surface area contributed by atoms with Crippen molar-refractivity contribution in [2.75, 3.05) is 5.32 Å². The molecule has 3 rings (SSSR count). The molecule has 0 fully saturated rings. The summed E-state index contributed by atoms with van der Waals surface area (Å²) in [5, 5.41) is 3.91. The second-order valence-corrected chi connectivity index (χ2v) is 5.73. The van der Waals surface area contributed by atoms with Crippen molar-refractivity contribution in [2.24, 2.45) is 0 Å². The van der Waals surface area contributed by atoms with E-state index in [0.717, 1.165) is 26.9 Å². The van der Waals surface area contributed by atoms with Crippen LogP contribution in [0.2, 0.25) is 5.02 Å². The minimum Gasteiger partial charge on any atom is -0.376 e. The number of nitrogens with zero attached hydrogens (tertiary/aromatic N) is 3. The van der Waals surface area contributed by atoms with Gasteiger partial charge in [-0.15, -0.1) is 0 Å². The van der Waals surface area contributed by atoms with Crippen LogP contribution in [0.25, 0.3) is 11.0 Å². The van der Waals surface area contributed by atoms with Crippen LogP contribution in [0.3, 0.4) is 0 Å². The van der Waals surface area contributed by atoms with Gasteiger partial charge in [0.2, 0.25) is 0 Å². The first-order valence-electron chi connectivity index (χ1n) is 5.49. The zero-order chi connectivity index (χ0) is 13.2. The summed E-state index contributed by atoms with van der Waals surface area (Å²) in [6.07, 6.45) is 1.77. The third-order valence-electron chi connectivity index (χ3n) is 2.61. The molecule has 0 saturated heterocycles. The van der Waals surface area contributed by atoms with Gasteiger partial charge in [-0.3, -0.25) is 4.98 Å². The maximum atomic E-state index is 6.20. The van der Waals surface area contributed by atoms with E-state index in [9.17, 15) is 0 Å². The number of rotatable bonds is 3. The molecule has 0 saturated carbocycles. The molecule has 96 valence electrons. The Kier molecular flexibility index (Phi) is 3.63. The summed E-state index contributed by atoms with van der Waals surface area (Å²) in [7, 11) is 0. The second kappa shape index (κ2) is 5.40. The third kappa shape index (κ3) is 2.70. The Morgan fingerprint density at radius 3 is 2.89 bits per heavy atom. The summed E-state index contributed by atoms with van der Waals surface area (Å²) in [6.45, 7) is 0.587. The van der Waals surface area contributed by atoms with Gasteiger partial charge in [-0.05, 0) is 40.2 Å². The second-order valence-electron chi connectivity index (χ2n) is 3.88. The molecular formula is C12H8BrClN4S. The highest BCUT2D eigenvalue weighted by Crippen LogP contribution is 2.30. The van der Waals surface area contributed by atoms with Crippen LogP contribution >= 0.6 is 39.3 Å². The summed E-state index contributed by atoms with van der Waals surface area (Å²) < 4.78 is 9.42. The van der Waals surface area contributed by atoms with E-state index in [-0.39, 0.29) is 0 Å². The molecule has 0 aliphatic carbocycles. The van der Waals surface area contributed by atoms with E-state index < -0.39 is 0 Å². The molecule has 1 aromatic carbocycles. The van der Waals surface area contributed by atoms with Gasteiger partial charge in [0.1, 0.15) is 11.0 Å². The van der Waals surface area contributed by atoms with Crippen LogP contribution in [-0.4, -0.2) is 13.7 Å². The molecule has 0 atom stereocenters. The normalized spacial score (nSPS) is 10.8. The molecule has 1 N–H and O–H groups in total. The van der Waals surface area contributed by atoms with Gasteiger partial charge >= 0.3 is 0 Å². The highest BCUT2D eigenvalue weighted by atomic mass is 79.9. The van der Waals surface area contributed by atoms with Crippen molar-refractivity contribution in [1.29, 1.82) is 0 Å². The van der Waals surface area contributed by atoms with E-state index in [4.69, 9.17) is 11.6 Å². The third-order valence-corrected chi connectivity index (χ3v) is 3.94. The van der Waals surface area contributed by atoms with Crippen molar-refractivity contribution < 1.29 is 0 Å². The fourth-order valence-electron chi connectivity index (χ4n) is 1.68. The lowest BCUT2D eigenvalue weighted by Crippen LogP contribution is -2.02. The van der Waals surface area contributed by atoms with Crippen LogP contribution in [0, 0.1) is 0 Å². The van der Waals surface area contributed by atoms with Crippen LogP contribution in [0.5, 0.6) is 0 Å². The predicted octanol–water partition coefficient (Wildman–Crippen LogP) is 4.11. The Bertz CT molecular complexity index is 713. The van der Waals surface area contributed by atoms with Crippen molar-refractivity contribution in [3.05, 3.63) is 45.7 Å². The lowest BCUT2D eigenvalue weighted by Gasteiger charge is -2.08. The summed E-state index contributed by atoms with van der Waals surface area (Å²) in [6, 6.07) is 7.59. The molecule has 0 spiro atoms. The highest BCUT2D eigenvalue weighted by molar-refractivity contribution is 9.10. The summed E-state index contributed by atoms with van der Waals surface area (Å²) >= 11 is 10.7. The Hall–Kier alpha value is -1.24. The van der Waals surface area contributed by atoms with E-state index in [0.29, 0.717) is 11.6 Å². The van der Waals surface area contributed by atoms with Crippen LogP contribution in [-0.2, 0) is 6.54 Å². The molecule has 0 unspecified atom stereocenters. The molecule has 0 aliphatic rings. The van der Waals surface area contributed by atoms with E-state index in [1.54, 1.807) is 6.20 Å². The first kappa shape index (κ1) is 12.8. The number of pyridine rings is 1. The van der Waals surface area contributed by atoms with E-state index >= 15 is 0 Å². The molecule has 0 amide bonds. The molecule has 7 heteroatoms. The predicted molar refractivity (Wildman–Crippen MR) is 81.7 cm³/mol. The maximum Gasteiger partial charge on any atom is 0.129 e. The Labute approximate surface area is 127 Å². The largest absolute Gasteiger partial charge is 0.376 e. The quantitative estimate of drug-likeness (QED) is 0.768. The van der Waals surface area contributed by atoms with E-state index in [1.807, 2.05) is 24.3 Å². The number of halogens is 2. The Morgan fingerprint density at radius 1 is 1.21 bits per heavy atom. The van der Waals surface area contributed by atoms with Crippen LogP contribution < -0.4 is 5.32 Å². The zero-order valence-electron chi connectivity index (χ0n) is 9.60. The van der Waals surface area contributed by atoms with Crippen LogP contribution in [0.1, 0.15) is 5.69 Å². The van der Waals surface area contributed by atoms with Crippen molar-refractivity contribution in [3.63, 3.8) is 0 Å². The molecule has 3 aromatic rings. The minimum absolute atomic E-state index is 0.587. The molecule has 2 aromatic heterocycles. The topological polar surface area (TPSA) is 50.7 Å². The average molecular weight is 356 g/mol. The molecule has 4 nitrogen and oxygen atoms in total. The number of nitrogens with one attached hydrogen (secondary N) is 1. The fourth-order valence-corrected chi connectivity index (χ4v) is 2.68. The van der Waals surface area contributed by atoms with Gasteiger partial charge in [0, 0.05) is 10.7 Å². The number of anilines is 1. The number of hydrogen-bond acceptors (Lipinski definition) is 5. The number of benzene rings is 1. The SMILES string of the molecule is Clc1ccc2nsnc2c1NCc1ccc(Br)cn1. The van der Waals surface area contributed by atoms with Gasteiger partial charge < -0.3 is 5.32 Å². The molecule has 0 radical (unpaired) electrons. The highest BCUT2D eigenvalue weighted by Gasteiger charge is 2.09. The lowest BCUT2D eigenvalue weighted by molar-refractivity contribution is 1.04. The van der Waals surface area contributed by atoms with E-state index in [1.165, 1.54) is 11.7 Å². The minimum atomic E-state index is 0.587. The zero-order valence-corrected chi connectivity index (χ0v) is 12.8. The van der Waals surface area contributed by atoms with Gasteiger partial charge in [0.15, 0.2) is 0 Å². The number of hydrogen-bond donors (Lipinski definition) is 1. The van der Waals surface area contributed by atoms with Gasteiger partial charge in [0.25, 0.3) is 0 Å². The molecule has 0 aliphatic heterocycles. The molecule has 0 bridgehead atoms. The Morgan fingerprint density at radius 2 is 2.11 bits per heavy atom. The van der Waals surface area contributed by atoms with Gasteiger partial charge in [0.05, 0.1) is 34.7 Å². The summed E-state index contributed by atoms with van der Waals surface area (Å²) in [5.41, 5.74) is 3.38. The standard InChI is InChI=1S/C12H8BrClN4S/c13-7-1-2-8(15-5-7)6-16-11-9(14)3-4-10-12(11)18-19-17-10/h1-5,16H,6H2. The monoisotopic (exact) mass is 354 g/mol. The van der Waals surface area contributed by atoms with Gasteiger partial charge in [-0.25, -0.2) is 0 Å². The van der Waals surface area contributed by atoms with Gasteiger partial charge in [-0.2, -0.15) is 8.75 Å². The first-order chi connectivity index (χ1) is 9.24. The maximum absolute atomic E-state index is 6.20. The Balaban J connectivity index is 1.87. The smallest absolute Gasteiger partial charge is 0.129 e. The summed E-state index contributed by atoms with van der Waals surface area (Å²) in [4.78, 5) is 4.30. The molecule has 2 heterocycles.